The summed E-state index contributed by atoms with van der Waals surface area (Å²) in [7, 11) is 0. The second kappa shape index (κ2) is 8.19. The Morgan fingerprint density at radius 2 is 1.90 bits per heavy atom. The maximum absolute atomic E-state index is 11.6. The molecule has 0 spiro atoms. The number of nitrogens with one attached hydrogen (secondary N) is 1. The Morgan fingerprint density at radius 1 is 1.33 bits per heavy atom. The first-order valence-electron chi connectivity index (χ1n) is 6.11. The van der Waals surface area contributed by atoms with Gasteiger partial charge in [0.1, 0.15) is 5.75 Å². The fraction of sp³-hybridized carbons (Fsp3) is 0.286. The van der Waals surface area contributed by atoms with Crippen LogP contribution in [0.15, 0.2) is 27.2 Å². The van der Waals surface area contributed by atoms with Crippen molar-refractivity contribution < 1.29 is 19.4 Å². The number of carboxylic acid groups (broad SMARTS) is 1. The Balaban J connectivity index is 2.80. The highest BCUT2D eigenvalue weighted by Gasteiger charge is 2.11. The molecule has 0 fully saturated rings. The van der Waals surface area contributed by atoms with E-state index in [-0.39, 0.29) is 18.6 Å². The van der Waals surface area contributed by atoms with Gasteiger partial charge in [0.15, 0.2) is 6.61 Å². The van der Waals surface area contributed by atoms with Gasteiger partial charge >= 0.3 is 5.97 Å². The van der Waals surface area contributed by atoms with Crippen molar-refractivity contribution in [3.05, 3.63) is 32.7 Å². The Hall–Kier alpha value is -1.34. The fourth-order valence-corrected chi connectivity index (χ4v) is 2.93. The summed E-state index contributed by atoms with van der Waals surface area (Å²) in [5, 5.41) is 11.3. The lowest BCUT2D eigenvalue weighted by molar-refractivity contribution is -0.131. The molecule has 0 unspecified atom stereocenters. The van der Waals surface area contributed by atoms with E-state index < -0.39 is 5.97 Å². The normalized spacial score (nSPS) is 10.9. The van der Waals surface area contributed by atoms with Crippen LogP contribution < -0.4 is 10.1 Å². The van der Waals surface area contributed by atoms with E-state index in [9.17, 15) is 9.59 Å². The number of rotatable bonds is 6. The Kier molecular flexibility index (Phi) is 6.91. The Labute approximate surface area is 139 Å². The number of amides is 1. The van der Waals surface area contributed by atoms with Crippen molar-refractivity contribution in [1.82, 2.24) is 5.32 Å². The topological polar surface area (TPSA) is 75.6 Å². The minimum Gasteiger partial charge on any atom is -0.481 e. The predicted octanol–water partition coefficient (Wildman–Crippen LogP) is 3.21. The molecule has 0 aromatic heterocycles. The molecule has 0 bridgehead atoms. The van der Waals surface area contributed by atoms with E-state index in [0.717, 1.165) is 6.08 Å². The molecule has 0 atom stereocenters. The van der Waals surface area contributed by atoms with Crippen molar-refractivity contribution in [2.45, 2.75) is 19.9 Å². The number of halogens is 2. The molecule has 0 saturated heterocycles. The highest BCUT2D eigenvalue weighted by molar-refractivity contribution is 9.11. The number of benzene rings is 1. The van der Waals surface area contributed by atoms with Gasteiger partial charge in [0.2, 0.25) is 0 Å². The van der Waals surface area contributed by atoms with Crippen molar-refractivity contribution in [3.8, 4) is 5.75 Å². The Bertz CT molecular complexity index is 547. The lowest BCUT2D eigenvalue weighted by atomic mass is 10.2. The molecule has 5 nitrogen and oxygen atoms in total. The molecule has 114 valence electrons. The van der Waals surface area contributed by atoms with Crippen molar-refractivity contribution in [2.75, 3.05) is 6.61 Å². The van der Waals surface area contributed by atoms with Crippen molar-refractivity contribution in [3.63, 3.8) is 0 Å². The van der Waals surface area contributed by atoms with Crippen LogP contribution >= 0.6 is 31.9 Å². The molecule has 2 N–H and O–H groups in total. The molecule has 21 heavy (non-hydrogen) atoms. The van der Waals surface area contributed by atoms with Crippen LogP contribution in [-0.2, 0) is 9.59 Å². The first-order valence-corrected chi connectivity index (χ1v) is 7.70. The number of aliphatic carboxylic acids is 1. The molecular formula is C14H15Br2NO4. The van der Waals surface area contributed by atoms with E-state index in [1.54, 1.807) is 12.1 Å². The van der Waals surface area contributed by atoms with Crippen LogP contribution in [0.3, 0.4) is 0 Å². The largest absolute Gasteiger partial charge is 0.481 e. The monoisotopic (exact) mass is 419 g/mol. The molecular weight excluding hydrogens is 406 g/mol. The third-order valence-electron chi connectivity index (χ3n) is 2.24. The van der Waals surface area contributed by atoms with E-state index in [2.05, 4.69) is 37.2 Å². The highest BCUT2D eigenvalue weighted by Crippen LogP contribution is 2.35. The Morgan fingerprint density at radius 3 is 2.38 bits per heavy atom. The fourth-order valence-electron chi connectivity index (χ4n) is 1.48. The maximum Gasteiger partial charge on any atom is 0.328 e. The third-order valence-corrected chi connectivity index (χ3v) is 3.41. The van der Waals surface area contributed by atoms with Gasteiger partial charge in [-0.25, -0.2) is 4.79 Å². The summed E-state index contributed by atoms with van der Waals surface area (Å²) in [4.78, 5) is 22.0. The summed E-state index contributed by atoms with van der Waals surface area (Å²) in [5.74, 6) is -0.743. The lowest BCUT2D eigenvalue weighted by Crippen LogP contribution is -2.34. The minimum absolute atomic E-state index is 0.0523. The number of hydrogen-bond acceptors (Lipinski definition) is 3. The van der Waals surface area contributed by atoms with E-state index in [4.69, 9.17) is 9.84 Å². The second-order valence-corrected chi connectivity index (χ2v) is 6.20. The first kappa shape index (κ1) is 17.7. The summed E-state index contributed by atoms with van der Waals surface area (Å²) >= 11 is 6.68. The maximum atomic E-state index is 11.6. The lowest BCUT2D eigenvalue weighted by Gasteiger charge is -2.12. The number of ether oxygens (including phenoxy) is 1. The number of carbonyl (C=O) groups excluding carboxylic acids is 1. The molecule has 1 aromatic carbocycles. The van der Waals surface area contributed by atoms with E-state index in [1.165, 1.54) is 6.08 Å². The molecule has 0 saturated carbocycles. The summed E-state index contributed by atoms with van der Waals surface area (Å²) in [6, 6.07) is 3.47. The van der Waals surface area contributed by atoms with Crippen LogP contribution in [0.4, 0.5) is 0 Å². The van der Waals surface area contributed by atoms with Gasteiger partial charge in [-0.1, -0.05) is 0 Å². The number of hydrogen-bond donors (Lipinski definition) is 2. The van der Waals surface area contributed by atoms with Crippen LogP contribution in [-0.4, -0.2) is 29.6 Å². The van der Waals surface area contributed by atoms with Crippen LogP contribution in [0.25, 0.3) is 6.08 Å². The predicted molar refractivity (Wildman–Crippen MR) is 87.3 cm³/mol. The highest BCUT2D eigenvalue weighted by atomic mass is 79.9. The minimum atomic E-state index is -1.02. The van der Waals surface area contributed by atoms with E-state index in [0.29, 0.717) is 20.3 Å². The van der Waals surface area contributed by atoms with Gasteiger partial charge in [-0.3, -0.25) is 4.79 Å². The van der Waals surface area contributed by atoms with Gasteiger partial charge < -0.3 is 15.2 Å². The van der Waals surface area contributed by atoms with Crippen LogP contribution in [0.2, 0.25) is 0 Å². The molecule has 0 heterocycles. The van der Waals surface area contributed by atoms with Gasteiger partial charge in [-0.05, 0) is 69.5 Å². The van der Waals surface area contributed by atoms with Crippen LogP contribution in [0.5, 0.6) is 5.75 Å². The molecule has 0 radical (unpaired) electrons. The molecule has 0 aliphatic rings. The standard InChI is InChI=1S/C14H15Br2NO4/c1-8(2)17-12(18)7-21-14-10(15)5-9(6-11(14)16)3-4-13(19)20/h3-6,8H,7H2,1-2H3,(H,17,18)(H,19,20)/b4-3+. The second-order valence-electron chi connectivity index (χ2n) is 4.50. The smallest absolute Gasteiger partial charge is 0.328 e. The summed E-state index contributed by atoms with van der Waals surface area (Å²) in [5.41, 5.74) is 0.690. The molecule has 1 rings (SSSR count). The van der Waals surface area contributed by atoms with Gasteiger partial charge in [-0.15, -0.1) is 0 Å². The van der Waals surface area contributed by atoms with Crippen LogP contribution in [0.1, 0.15) is 19.4 Å². The van der Waals surface area contributed by atoms with Gasteiger partial charge in [-0.2, -0.15) is 0 Å². The number of carbonyl (C=O) groups is 2. The molecule has 0 aliphatic heterocycles. The van der Waals surface area contributed by atoms with Crippen molar-refractivity contribution in [1.29, 1.82) is 0 Å². The average molecular weight is 421 g/mol. The van der Waals surface area contributed by atoms with Gasteiger partial charge in [0.05, 0.1) is 8.95 Å². The van der Waals surface area contributed by atoms with E-state index >= 15 is 0 Å². The number of carboxylic acids is 1. The molecule has 1 aromatic rings. The zero-order valence-corrected chi connectivity index (χ0v) is 14.7. The summed E-state index contributed by atoms with van der Waals surface area (Å²) in [6.07, 6.45) is 2.51. The SMILES string of the molecule is CC(C)NC(=O)COc1c(Br)cc(/C=C/C(=O)O)cc1Br. The van der Waals surface area contributed by atoms with Gasteiger partial charge in [0, 0.05) is 12.1 Å². The van der Waals surface area contributed by atoms with Gasteiger partial charge in [0.25, 0.3) is 5.91 Å². The van der Waals surface area contributed by atoms with Crippen molar-refractivity contribution in [2.24, 2.45) is 0 Å². The quantitative estimate of drug-likeness (QED) is 0.693. The molecule has 0 aliphatic carbocycles. The zero-order valence-electron chi connectivity index (χ0n) is 11.5. The van der Waals surface area contributed by atoms with E-state index in [1.807, 2.05) is 13.8 Å². The molecule has 1 amide bonds. The zero-order chi connectivity index (χ0) is 16.0. The summed E-state index contributed by atoms with van der Waals surface area (Å²) in [6.45, 7) is 3.64. The first-order chi connectivity index (χ1) is 9.79. The average Bonchev–Trinajstić information content (AvgIpc) is 2.34. The summed E-state index contributed by atoms with van der Waals surface area (Å²) < 4.78 is 6.71. The van der Waals surface area contributed by atoms with Crippen molar-refractivity contribution >= 4 is 49.8 Å². The third kappa shape index (κ3) is 6.31. The van der Waals surface area contributed by atoms with Crippen LogP contribution in [0, 0.1) is 0 Å². The molecule has 7 heteroatoms.